The molecule has 4 fully saturated rings. The van der Waals surface area contributed by atoms with Crippen LogP contribution < -0.4 is 0 Å². The molecule has 0 amide bonds. The van der Waals surface area contributed by atoms with E-state index in [1.54, 1.807) is 0 Å². The lowest BCUT2D eigenvalue weighted by Gasteiger charge is -2.47. The monoisotopic (exact) mass is 732 g/mol. The van der Waals surface area contributed by atoms with Crippen LogP contribution in [0.15, 0.2) is 0 Å². The van der Waals surface area contributed by atoms with Crippen LogP contribution in [0.4, 0.5) is 0 Å². The van der Waals surface area contributed by atoms with Crippen molar-refractivity contribution in [3.8, 4) is 0 Å². The van der Waals surface area contributed by atoms with Crippen molar-refractivity contribution in [1.82, 2.24) is 9.80 Å². The molecule has 23 nitrogen and oxygen atoms in total. The van der Waals surface area contributed by atoms with E-state index in [4.69, 9.17) is 18.9 Å². The zero-order valence-corrected chi connectivity index (χ0v) is 26.9. The van der Waals surface area contributed by atoms with Crippen LogP contribution >= 0.6 is 0 Å². The Morgan fingerprint density at radius 2 is 0.776 bits per heavy atom. The summed E-state index contributed by atoms with van der Waals surface area (Å²) in [7, 11) is 2.55. The van der Waals surface area contributed by atoms with Gasteiger partial charge in [0.15, 0.2) is 12.6 Å². The second kappa shape index (κ2) is 20.9. The number of β-amino-alcohol motifs (C(OH)–C–C–N with tert-alkyl or cyclic N) is 2. The van der Waals surface area contributed by atoms with Gasteiger partial charge in [-0.25, -0.2) is 0 Å². The van der Waals surface area contributed by atoms with Gasteiger partial charge in [0.2, 0.25) is 0 Å². The molecule has 4 heterocycles. The van der Waals surface area contributed by atoms with E-state index < -0.39 is 123 Å². The maximum atomic E-state index is 10.0. The van der Waals surface area contributed by atoms with Crippen LogP contribution in [0.3, 0.4) is 0 Å². The Labute approximate surface area is 280 Å². The molecule has 0 radical (unpaired) electrons. The number of nitrogens with zero attached hydrogens (tertiary/aromatic N) is 2. The van der Waals surface area contributed by atoms with Crippen molar-refractivity contribution >= 4 is 0 Å². The predicted octanol–water partition coefficient (Wildman–Crippen LogP) is -12.1. The van der Waals surface area contributed by atoms with Gasteiger partial charge in [-0.3, -0.25) is 9.80 Å². The first kappa shape index (κ1) is 48.1. The fourth-order valence-corrected chi connectivity index (χ4v) is 6.16. The fraction of sp³-hybridized carbons (Fsp3) is 1.00. The fourth-order valence-electron chi connectivity index (χ4n) is 6.16. The van der Waals surface area contributed by atoms with E-state index in [0.717, 1.165) is 0 Å². The molecule has 0 aromatic heterocycles. The van der Waals surface area contributed by atoms with Crippen LogP contribution in [-0.4, -0.2) is 261 Å². The lowest BCUT2D eigenvalue weighted by atomic mass is 9.92. The molecule has 296 valence electrons. The van der Waals surface area contributed by atoms with E-state index >= 15 is 0 Å². The molecular weight excluding hydrogens is 676 g/mol. The van der Waals surface area contributed by atoms with Gasteiger partial charge < -0.3 is 107 Å². The molecule has 18 atom stereocenters. The number of aliphatic hydroxyl groups is 14. The summed E-state index contributed by atoms with van der Waals surface area (Å²) in [4.78, 5) is 2.90. The smallest absolute Gasteiger partial charge is 0.186 e. The molecule has 0 bridgehead atoms. The first-order valence-corrected chi connectivity index (χ1v) is 14.9. The third kappa shape index (κ3) is 10.6. The molecule has 0 aromatic rings. The largest absolute Gasteiger partial charge is 0.412 e. The van der Waals surface area contributed by atoms with Gasteiger partial charge in [0.1, 0.15) is 73.2 Å². The molecule has 4 aliphatic heterocycles. The van der Waals surface area contributed by atoms with E-state index in [1.807, 2.05) is 0 Å². The highest BCUT2D eigenvalue weighted by Crippen LogP contribution is 2.27. The highest BCUT2D eigenvalue weighted by molar-refractivity contribution is 4.99. The third-order valence-corrected chi connectivity index (χ3v) is 9.06. The number of likely N-dealkylation sites (tertiary alicyclic amines) is 2. The van der Waals surface area contributed by atoms with Gasteiger partial charge in [-0.05, 0) is 0 Å². The van der Waals surface area contributed by atoms with Crippen molar-refractivity contribution in [2.45, 2.75) is 110 Å². The molecule has 4 aliphatic rings. The Morgan fingerprint density at radius 3 is 1.04 bits per heavy atom. The number of piperidine rings is 2. The van der Waals surface area contributed by atoms with Gasteiger partial charge in [-0.1, -0.05) is 0 Å². The maximum Gasteiger partial charge on any atom is 0.186 e. The summed E-state index contributed by atoms with van der Waals surface area (Å²) in [6.07, 6.45) is -20.9. The summed E-state index contributed by atoms with van der Waals surface area (Å²) in [5.41, 5.74) is 0. The minimum Gasteiger partial charge on any atom is -0.412 e. The molecule has 49 heavy (non-hydrogen) atoms. The Balaban J connectivity index is 0.000000886. The molecular formula is C26H56N2O21. The molecule has 23 heteroatoms. The van der Waals surface area contributed by atoms with Gasteiger partial charge >= 0.3 is 0 Å². The van der Waals surface area contributed by atoms with Crippen molar-refractivity contribution in [3.63, 3.8) is 0 Å². The second-order valence-corrected chi connectivity index (χ2v) is 12.0. The Hall–Kier alpha value is -0.920. The second-order valence-electron chi connectivity index (χ2n) is 12.0. The van der Waals surface area contributed by atoms with E-state index in [2.05, 4.69) is 0 Å². The minimum absolute atomic E-state index is 0. The van der Waals surface area contributed by atoms with Crippen molar-refractivity contribution in [3.05, 3.63) is 0 Å². The van der Waals surface area contributed by atoms with E-state index in [9.17, 15) is 71.5 Å². The topological polar surface area (TPSA) is 421 Å². The standard InChI is InChI=1S/2C13H25NO9.3H2O/c2*1-22-13-12(21)11(20)10(19)7(23-13)3-14-2-6(16)9(18)8(17)5(14)4-15;;;/h2*5-13,15-21H,2-4H2,1H3;3*1H2. The lowest BCUT2D eigenvalue weighted by Crippen LogP contribution is -2.66. The van der Waals surface area contributed by atoms with Gasteiger partial charge in [-0.15, -0.1) is 0 Å². The van der Waals surface area contributed by atoms with E-state index in [-0.39, 0.29) is 42.6 Å². The van der Waals surface area contributed by atoms with Crippen molar-refractivity contribution < 1.29 is 107 Å². The van der Waals surface area contributed by atoms with Crippen LogP contribution in [0.1, 0.15) is 0 Å². The summed E-state index contributed by atoms with van der Waals surface area (Å²) in [5, 5.41) is 137. The average molecular weight is 733 g/mol. The van der Waals surface area contributed by atoms with Crippen molar-refractivity contribution in [2.75, 3.05) is 53.6 Å². The Morgan fingerprint density at radius 1 is 0.469 bits per heavy atom. The summed E-state index contributed by atoms with van der Waals surface area (Å²) in [6.45, 7) is -1.20. The van der Waals surface area contributed by atoms with Crippen LogP contribution in [0.2, 0.25) is 0 Å². The lowest BCUT2D eigenvalue weighted by molar-refractivity contribution is -0.294. The first-order valence-electron chi connectivity index (χ1n) is 14.9. The summed E-state index contributed by atoms with van der Waals surface area (Å²) in [5.74, 6) is 0. The zero-order chi connectivity index (χ0) is 34.6. The molecule has 4 saturated heterocycles. The normalized spacial score (nSPS) is 46.3. The summed E-state index contributed by atoms with van der Waals surface area (Å²) < 4.78 is 20.6. The Bertz CT molecular complexity index is 843. The van der Waals surface area contributed by atoms with E-state index in [0.29, 0.717) is 0 Å². The first-order chi connectivity index (χ1) is 21.6. The number of rotatable bonds is 8. The SMILES string of the molecule is COC1OC(CN2CC(O)C(O)C(O)C2CO)C(O)C(O)C1O.COC1OC(CN2CC(O)C(O)C(O)C2CO)C(O)C(O)C1O.O.O.O. The van der Waals surface area contributed by atoms with Gasteiger partial charge in [-0.2, -0.15) is 0 Å². The van der Waals surface area contributed by atoms with Gasteiger partial charge in [0.05, 0.1) is 37.5 Å². The third-order valence-electron chi connectivity index (χ3n) is 9.06. The highest BCUT2D eigenvalue weighted by Gasteiger charge is 2.49. The molecule has 0 spiro atoms. The van der Waals surface area contributed by atoms with Crippen LogP contribution in [0, 0.1) is 0 Å². The number of ether oxygens (including phenoxy) is 4. The van der Waals surface area contributed by atoms with Crippen molar-refractivity contribution in [1.29, 1.82) is 0 Å². The van der Waals surface area contributed by atoms with Gasteiger partial charge in [0.25, 0.3) is 0 Å². The molecule has 18 unspecified atom stereocenters. The maximum absolute atomic E-state index is 10.0. The van der Waals surface area contributed by atoms with E-state index in [1.165, 1.54) is 24.0 Å². The average Bonchev–Trinajstić information content (AvgIpc) is 3.03. The molecule has 4 rings (SSSR count). The molecule has 0 aromatic carbocycles. The highest BCUT2D eigenvalue weighted by atomic mass is 16.7. The van der Waals surface area contributed by atoms with Crippen LogP contribution in [-0.2, 0) is 18.9 Å². The summed E-state index contributed by atoms with van der Waals surface area (Å²) >= 11 is 0. The van der Waals surface area contributed by atoms with Crippen molar-refractivity contribution in [2.24, 2.45) is 0 Å². The number of hydrogen-bond acceptors (Lipinski definition) is 20. The molecule has 0 aliphatic carbocycles. The Kier molecular flexibility index (Phi) is 20.6. The van der Waals surface area contributed by atoms with Gasteiger partial charge in [0, 0.05) is 40.4 Å². The van der Waals surface area contributed by atoms with Crippen LogP contribution in [0.5, 0.6) is 0 Å². The molecule has 0 saturated carbocycles. The minimum atomic E-state index is -1.49. The molecule has 20 N–H and O–H groups in total. The summed E-state index contributed by atoms with van der Waals surface area (Å²) in [6, 6.07) is -1.73. The zero-order valence-electron chi connectivity index (χ0n) is 26.9. The number of methoxy groups -OCH3 is 2. The number of aliphatic hydroxyl groups excluding tert-OH is 14. The van der Waals surface area contributed by atoms with Crippen LogP contribution in [0.25, 0.3) is 0 Å². The quantitative estimate of drug-likeness (QED) is 0.110. The number of hydrogen-bond donors (Lipinski definition) is 14. The predicted molar refractivity (Wildman–Crippen MR) is 159 cm³/mol.